The van der Waals surface area contributed by atoms with Crippen LogP contribution in [0.1, 0.15) is 44.1 Å². The van der Waals surface area contributed by atoms with Crippen molar-refractivity contribution in [2.45, 2.75) is 56.9 Å². The van der Waals surface area contributed by atoms with Crippen molar-refractivity contribution >= 4 is 40.9 Å². The van der Waals surface area contributed by atoms with Gasteiger partial charge < -0.3 is 30.1 Å². The molecule has 13 heteroatoms. The lowest BCUT2D eigenvalue weighted by Crippen LogP contribution is -2.53. The molecule has 224 valence electrons. The van der Waals surface area contributed by atoms with Crippen LogP contribution >= 0.6 is 0 Å². The number of ketones is 1. The van der Waals surface area contributed by atoms with Gasteiger partial charge in [0.15, 0.2) is 0 Å². The number of nitrogens with two attached hydrogens (primary N) is 1. The summed E-state index contributed by atoms with van der Waals surface area (Å²) in [5.41, 5.74) is -1.62. The number of hydrogen-bond acceptors (Lipinski definition) is 11. The lowest BCUT2D eigenvalue weighted by molar-refractivity contribution is -0.147. The van der Waals surface area contributed by atoms with Gasteiger partial charge in [-0.2, -0.15) is 5.10 Å². The van der Waals surface area contributed by atoms with E-state index >= 15 is 0 Å². The number of benzene rings is 1. The minimum absolute atomic E-state index is 0.00335. The second-order valence-electron chi connectivity index (χ2n) is 11.2. The highest BCUT2D eigenvalue weighted by molar-refractivity contribution is 6.35. The molecule has 1 aliphatic carbocycles. The summed E-state index contributed by atoms with van der Waals surface area (Å²) in [6, 6.07) is 5.53. The number of amides is 2. The monoisotopic (exact) mass is 581 g/mol. The molecule has 4 atom stereocenters. The smallest absolute Gasteiger partial charge is 0.411 e. The third-order valence-corrected chi connectivity index (χ3v) is 7.11. The SMILES string of the molecule is C=C[C@H]1C[C@]1(NC(=O)[C@@H]1CC(Oc2cc(C(=O)/C=N/N)nc3cc(OC)ccc23)CN1C(=O)OC(C)(C)C)C(=O)OC. The number of fused-ring (bicyclic) bond motifs is 1. The molecule has 0 bridgehead atoms. The minimum Gasteiger partial charge on any atom is -0.497 e. The lowest BCUT2D eigenvalue weighted by Gasteiger charge is -2.28. The fraction of sp³-hybridized carbons (Fsp3) is 0.448. The number of nitrogens with one attached hydrogen (secondary N) is 1. The number of hydrogen-bond donors (Lipinski definition) is 2. The van der Waals surface area contributed by atoms with Crippen molar-refractivity contribution in [2.24, 2.45) is 16.9 Å². The fourth-order valence-electron chi connectivity index (χ4n) is 4.98. The molecule has 0 spiro atoms. The highest BCUT2D eigenvalue weighted by Gasteiger charge is 2.62. The quantitative estimate of drug-likeness (QED) is 0.112. The third kappa shape index (κ3) is 6.14. The van der Waals surface area contributed by atoms with Crippen LogP contribution in [0, 0.1) is 5.92 Å². The lowest BCUT2D eigenvalue weighted by atomic mass is 10.1. The van der Waals surface area contributed by atoms with Crippen LogP contribution in [0.15, 0.2) is 42.0 Å². The van der Waals surface area contributed by atoms with Crippen molar-refractivity contribution in [1.29, 1.82) is 0 Å². The number of pyridine rings is 1. The largest absolute Gasteiger partial charge is 0.497 e. The highest BCUT2D eigenvalue weighted by atomic mass is 16.6. The molecule has 2 fully saturated rings. The van der Waals surface area contributed by atoms with Gasteiger partial charge in [0.05, 0.1) is 32.5 Å². The van der Waals surface area contributed by atoms with Crippen LogP contribution in [0.5, 0.6) is 11.5 Å². The van der Waals surface area contributed by atoms with Gasteiger partial charge in [0.1, 0.15) is 40.5 Å². The first kappa shape index (κ1) is 30.3. The number of carbonyl (C=O) groups excluding carboxylic acids is 4. The van der Waals surface area contributed by atoms with Gasteiger partial charge in [-0.3, -0.25) is 14.5 Å². The van der Waals surface area contributed by atoms with E-state index in [1.54, 1.807) is 45.0 Å². The van der Waals surface area contributed by atoms with Crippen molar-refractivity contribution in [2.75, 3.05) is 20.8 Å². The summed E-state index contributed by atoms with van der Waals surface area (Å²) in [6.45, 7) is 8.88. The molecule has 0 radical (unpaired) electrons. The van der Waals surface area contributed by atoms with Crippen molar-refractivity contribution in [1.82, 2.24) is 15.2 Å². The van der Waals surface area contributed by atoms with Crippen LogP contribution in [-0.2, 0) is 19.1 Å². The van der Waals surface area contributed by atoms with E-state index in [4.69, 9.17) is 24.8 Å². The van der Waals surface area contributed by atoms with E-state index in [0.29, 0.717) is 28.8 Å². The summed E-state index contributed by atoms with van der Waals surface area (Å²) in [5, 5.41) is 6.65. The van der Waals surface area contributed by atoms with E-state index in [2.05, 4.69) is 22.0 Å². The predicted octanol–water partition coefficient (Wildman–Crippen LogP) is 2.36. The van der Waals surface area contributed by atoms with E-state index in [0.717, 1.165) is 6.21 Å². The zero-order chi connectivity index (χ0) is 30.8. The number of likely N-dealkylation sites (tertiary alicyclic amines) is 1. The maximum Gasteiger partial charge on any atom is 0.411 e. The number of ether oxygens (including phenoxy) is 4. The normalized spacial score (nSPS) is 23.4. The molecule has 1 saturated carbocycles. The Kier molecular flexibility index (Phi) is 8.41. The van der Waals surface area contributed by atoms with Crippen molar-refractivity contribution < 1.29 is 38.1 Å². The summed E-state index contributed by atoms with van der Waals surface area (Å²) in [5.74, 6) is 4.00. The fourth-order valence-corrected chi connectivity index (χ4v) is 4.98. The average molecular weight is 582 g/mol. The Hall–Kier alpha value is -4.68. The first-order chi connectivity index (χ1) is 19.8. The van der Waals surface area contributed by atoms with Crippen LogP contribution in [-0.4, -0.2) is 83.9 Å². The maximum absolute atomic E-state index is 13.6. The third-order valence-electron chi connectivity index (χ3n) is 7.11. The average Bonchev–Trinajstić information content (AvgIpc) is 3.49. The summed E-state index contributed by atoms with van der Waals surface area (Å²) >= 11 is 0. The van der Waals surface area contributed by atoms with Crippen LogP contribution in [0.4, 0.5) is 4.79 Å². The molecule has 2 aromatic rings. The number of esters is 1. The van der Waals surface area contributed by atoms with E-state index in [9.17, 15) is 19.2 Å². The Morgan fingerprint density at radius 1 is 1.21 bits per heavy atom. The van der Waals surface area contributed by atoms with E-state index in [-0.39, 0.29) is 24.6 Å². The summed E-state index contributed by atoms with van der Waals surface area (Å²) in [6.07, 6.45) is 1.54. The Bertz CT molecular complexity index is 1450. The molecular weight excluding hydrogens is 546 g/mol. The Morgan fingerprint density at radius 3 is 2.55 bits per heavy atom. The molecule has 3 N–H and O–H groups in total. The van der Waals surface area contributed by atoms with Gasteiger partial charge in [-0.15, -0.1) is 6.58 Å². The van der Waals surface area contributed by atoms with E-state index in [1.165, 1.54) is 25.2 Å². The molecule has 2 aliphatic rings. The molecule has 1 saturated heterocycles. The Balaban J connectivity index is 1.66. The number of Topliss-reactive ketones (excluding diaryl/α,β-unsaturated/α-hetero) is 1. The number of carbonyl (C=O) groups is 4. The summed E-state index contributed by atoms with van der Waals surface area (Å²) in [4.78, 5) is 57.6. The second-order valence-corrected chi connectivity index (χ2v) is 11.2. The number of hydrazone groups is 1. The molecular formula is C29H35N5O8. The van der Waals surface area contributed by atoms with E-state index in [1.807, 2.05) is 0 Å². The highest BCUT2D eigenvalue weighted by Crippen LogP contribution is 2.45. The van der Waals surface area contributed by atoms with Crippen molar-refractivity contribution in [3.8, 4) is 11.5 Å². The van der Waals surface area contributed by atoms with E-state index < -0.39 is 47.0 Å². The van der Waals surface area contributed by atoms with Gasteiger partial charge in [0.2, 0.25) is 11.7 Å². The van der Waals surface area contributed by atoms with Gasteiger partial charge in [0, 0.05) is 29.9 Å². The van der Waals surface area contributed by atoms with Crippen LogP contribution in [0.2, 0.25) is 0 Å². The standard InChI is InChI=1S/C29H35N5O8/c1-7-16-13-29(16,26(37)40-6)33-25(36)22-11-18(15-34(22)27(38)42-28(2,3)4)41-24-12-21(23(35)14-31-30)32-20-10-17(39-5)8-9-19(20)24/h7-10,12,14,16,18,22H,1,11,13,15,30H2,2-6H3,(H,33,36)/b31-14+/t16-,18?,22-,29+/m0/s1. The first-order valence-electron chi connectivity index (χ1n) is 13.3. The van der Waals surface area contributed by atoms with Gasteiger partial charge >= 0.3 is 12.1 Å². The predicted molar refractivity (Wildman–Crippen MR) is 152 cm³/mol. The number of nitrogens with zero attached hydrogens (tertiary/aromatic N) is 3. The number of aromatic nitrogens is 1. The molecule has 1 unspecified atom stereocenters. The maximum atomic E-state index is 13.6. The molecule has 4 rings (SSSR count). The Morgan fingerprint density at radius 2 is 1.95 bits per heavy atom. The van der Waals surface area contributed by atoms with Gasteiger partial charge in [-0.05, 0) is 39.3 Å². The second kappa shape index (κ2) is 11.7. The molecule has 2 heterocycles. The first-order valence-corrected chi connectivity index (χ1v) is 13.3. The molecule has 1 aliphatic heterocycles. The summed E-state index contributed by atoms with van der Waals surface area (Å²) in [7, 11) is 2.75. The number of methoxy groups -OCH3 is 2. The Labute approximate surface area is 243 Å². The van der Waals surface area contributed by atoms with Crippen molar-refractivity contribution in [3.63, 3.8) is 0 Å². The van der Waals surface area contributed by atoms with Gasteiger partial charge in [-0.1, -0.05) is 6.08 Å². The molecule has 2 amide bonds. The number of rotatable bonds is 9. The topological polar surface area (TPSA) is 172 Å². The zero-order valence-corrected chi connectivity index (χ0v) is 24.2. The minimum atomic E-state index is -1.24. The molecule has 1 aromatic carbocycles. The summed E-state index contributed by atoms with van der Waals surface area (Å²) < 4.78 is 22.1. The molecule has 42 heavy (non-hydrogen) atoms. The van der Waals surface area contributed by atoms with Crippen LogP contribution < -0.4 is 20.6 Å². The van der Waals surface area contributed by atoms with Gasteiger partial charge in [0.25, 0.3) is 0 Å². The zero-order valence-electron chi connectivity index (χ0n) is 24.2. The molecule has 13 nitrogen and oxygen atoms in total. The molecule has 1 aromatic heterocycles. The van der Waals surface area contributed by atoms with Crippen LogP contribution in [0.25, 0.3) is 10.9 Å². The van der Waals surface area contributed by atoms with Gasteiger partial charge in [-0.25, -0.2) is 14.6 Å². The van der Waals surface area contributed by atoms with Crippen molar-refractivity contribution in [3.05, 3.63) is 42.6 Å². The van der Waals surface area contributed by atoms with Crippen LogP contribution in [0.3, 0.4) is 0 Å².